The van der Waals surface area contributed by atoms with Crippen LogP contribution in [0.4, 0.5) is 0 Å². The van der Waals surface area contributed by atoms with Crippen molar-refractivity contribution in [1.29, 1.82) is 0 Å². The molecule has 1 heterocycles. The van der Waals surface area contributed by atoms with Crippen LogP contribution >= 0.6 is 15.9 Å². The highest BCUT2D eigenvalue weighted by molar-refractivity contribution is 9.10. The Morgan fingerprint density at radius 1 is 1.29 bits per heavy atom. The topological polar surface area (TPSA) is 15.3 Å². The molecule has 1 saturated heterocycles. The molecule has 0 radical (unpaired) electrons. The number of nitrogens with zero attached hydrogens (tertiary/aromatic N) is 1. The molecule has 3 heteroatoms. The van der Waals surface area contributed by atoms with Crippen LogP contribution in [0.3, 0.4) is 0 Å². The lowest BCUT2D eigenvalue weighted by molar-refractivity contribution is 0.0355. The smallest absolute Gasteiger partial charge is 0.0324 e. The van der Waals surface area contributed by atoms with Gasteiger partial charge in [0.25, 0.3) is 0 Å². The highest BCUT2D eigenvalue weighted by Crippen LogP contribution is 2.35. The number of benzene rings is 1. The van der Waals surface area contributed by atoms with E-state index in [1.54, 1.807) is 0 Å². The van der Waals surface area contributed by atoms with Crippen LogP contribution in [-0.2, 0) is 0 Å². The molecule has 1 N–H and O–H groups in total. The lowest BCUT2D eigenvalue weighted by Gasteiger charge is -2.51. The van der Waals surface area contributed by atoms with E-state index in [1.807, 2.05) is 0 Å². The summed E-state index contributed by atoms with van der Waals surface area (Å²) in [7, 11) is 0. The van der Waals surface area contributed by atoms with Gasteiger partial charge >= 0.3 is 0 Å². The van der Waals surface area contributed by atoms with E-state index in [1.165, 1.54) is 48.7 Å². The summed E-state index contributed by atoms with van der Waals surface area (Å²) in [6.07, 6.45) is 6.89. The van der Waals surface area contributed by atoms with Crippen LogP contribution in [0.1, 0.15) is 57.6 Å². The molecule has 2 unspecified atom stereocenters. The van der Waals surface area contributed by atoms with Crippen LogP contribution in [-0.4, -0.2) is 29.6 Å². The molecule has 3 rings (SSSR count). The Morgan fingerprint density at radius 3 is 2.76 bits per heavy atom. The van der Waals surface area contributed by atoms with E-state index in [2.05, 4.69) is 64.3 Å². The lowest BCUT2D eigenvalue weighted by Crippen LogP contribution is -2.64. The minimum atomic E-state index is 0.380. The Balaban J connectivity index is 1.78. The molecule has 21 heavy (non-hydrogen) atoms. The van der Waals surface area contributed by atoms with Gasteiger partial charge in [-0.25, -0.2) is 0 Å². The van der Waals surface area contributed by atoms with Gasteiger partial charge in [-0.1, -0.05) is 47.3 Å². The predicted molar refractivity (Wildman–Crippen MR) is 92.5 cm³/mol. The summed E-state index contributed by atoms with van der Waals surface area (Å²) in [6.45, 7) is 7.04. The molecule has 1 saturated carbocycles. The number of hydrogen-bond acceptors (Lipinski definition) is 2. The van der Waals surface area contributed by atoms with E-state index in [9.17, 15) is 0 Å². The third-order valence-electron chi connectivity index (χ3n) is 5.46. The Kier molecular flexibility index (Phi) is 4.72. The number of piperazine rings is 1. The fourth-order valence-corrected chi connectivity index (χ4v) is 4.50. The maximum Gasteiger partial charge on any atom is 0.0324 e. The molecule has 1 spiro atoms. The van der Waals surface area contributed by atoms with E-state index in [4.69, 9.17) is 0 Å². The number of halogens is 1. The molecule has 1 aromatic rings. The molecule has 2 aliphatic rings. The van der Waals surface area contributed by atoms with Gasteiger partial charge in [-0.15, -0.1) is 0 Å². The van der Waals surface area contributed by atoms with Crippen molar-refractivity contribution in [2.45, 2.75) is 63.6 Å². The molecule has 1 aliphatic heterocycles. The summed E-state index contributed by atoms with van der Waals surface area (Å²) in [5, 5.41) is 3.88. The average molecular weight is 351 g/mol. The summed E-state index contributed by atoms with van der Waals surface area (Å²) in [4.78, 5) is 2.71. The molecule has 1 aromatic carbocycles. The second kappa shape index (κ2) is 6.39. The second-order valence-corrected chi connectivity index (χ2v) is 7.89. The van der Waals surface area contributed by atoms with Crippen molar-refractivity contribution < 1.29 is 0 Å². The van der Waals surface area contributed by atoms with Gasteiger partial charge in [-0.3, -0.25) is 4.90 Å². The SMILES string of the molecule is CC1CNC2(CCCCC2)CN1C(C)c1cccc(Br)c1. The zero-order chi connectivity index (χ0) is 14.9. The maximum absolute atomic E-state index is 3.88. The normalized spacial score (nSPS) is 27.7. The number of hydrogen-bond donors (Lipinski definition) is 1. The van der Waals surface area contributed by atoms with E-state index < -0.39 is 0 Å². The lowest BCUT2D eigenvalue weighted by atomic mass is 9.79. The van der Waals surface area contributed by atoms with Crippen LogP contribution in [0.2, 0.25) is 0 Å². The van der Waals surface area contributed by atoms with Gasteiger partial charge < -0.3 is 5.32 Å². The third-order valence-corrected chi connectivity index (χ3v) is 5.96. The first-order valence-electron chi connectivity index (χ1n) is 8.36. The highest BCUT2D eigenvalue weighted by atomic mass is 79.9. The standard InChI is InChI=1S/C18H27BrN2/c1-14-12-20-18(9-4-3-5-10-18)13-21(14)15(2)16-7-6-8-17(19)11-16/h6-8,11,14-15,20H,3-5,9-10,12-13H2,1-2H3. The minimum absolute atomic E-state index is 0.380. The van der Waals surface area contributed by atoms with Gasteiger partial charge in [0.2, 0.25) is 0 Å². The summed E-state index contributed by atoms with van der Waals surface area (Å²) in [6, 6.07) is 9.88. The van der Waals surface area contributed by atoms with Crippen LogP contribution < -0.4 is 5.32 Å². The summed E-state index contributed by atoms with van der Waals surface area (Å²) in [5.74, 6) is 0. The molecule has 2 atom stereocenters. The molecular weight excluding hydrogens is 324 g/mol. The fraction of sp³-hybridized carbons (Fsp3) is 0.667. The van der Waals surface area contributed by atoms with Gasteiger partial charge in [-0.2, -0.15) is 0 Å². The highest BCUT2D eigenvalue weighted by Gasteiger charge is 2.40. The van der Waals surface area contributed by atoms with E-state index in [0.717, 1.165) is 6.54 Å². The Morgan fingerprint density at radius 2 is 2.05 bits per heavy atom. The van der Waals surface area contributed by atoms with Gasteiger partial charge in [0.15, 0.2) is 0 Å². The molecular formula is C18H27BrN2. The monoisotopic (exact) mass is 350 g/mol. The maximum atomic E-state index is 3.88. The van der Waals surface area contributed by atoms with Crippen LogP contribution in [0.25, 0.3) is 0 Å². The van der Waals surface area contributed by atoms with Crippen molar-refractivity contribution in [1.82, 2.24) is 10.2 Å². The second-order valence-electron chi connectivity index (χ2n) is 6.97. The van der Waals surface area contributed by atoms with Crippen molar-refractivity contribution in [3.8, 4) is 0 Å². The average Bonchev–Trinajstić information content (AvgIpc) is 2.50. The van der Waals surface area contributed by atoms with Crippen molar-refractivity contribution in [2.24, 2.45) is 0 Å². The van der Waals surface area contributed by atoms with Crippen molar-refractivity contribution in [3.05, 3.63) is 34.3 Å². The van der Waals surface area contributed by atoms with Gasteiger partial charge in [0.1, 0.15) is 0 Å². The zero-order valence-electron chi connectivity index (χ0n) is 13.2. The predicted octanol–water partition coefficient (Wildman–Crippen LogP) is 4.51. The van der Waals surface area contributed by atoms with Gasteiger partial charge in [-0.05, 0) is 44.4 Å². The number of rotatable bonds is 2. The first kappa shape index (κ1) is 15.5. The molecule has 0 bridgehead atoms. The molecule has 2 fully saturated rings. The van der Waals surface area contributed by atoms with E-state index >= 15 is 0 Å². The number of nitrogens with one attached hydrogen (secondary N) is 1. The summed E-state index contributed by atoms with van der Waals surface area (Å²) in [5.41, 5.74) is 1.80. The third kappa shape index (κ3) is 3.35. The van der Waals surface area contributed by atoms with Crippen LogP contribution in [0, 0.1) is 0 Å². The first-order valence-corrected chi connectivity index (χ1v) is 9.15. The Labute approximate surface area is 137 Å². The van der Waals surface area contributed by atoms with Gasteiger partial charge in [0, 0.05) is 35.2 Å². The molecule has 1 aliphatic carbocycles. The minimum Gasteiger partial charge on any atom is -0.308 e. The van der Waals surface area contributed by atoms with E-state index in [0.29, 0.717) is 17.6 Å². The Hall–Kier alpha value is -0.380. The van der Waals surface area contributed by atoms with E-state index in [-0.39, 0.29) is 0 Å². The molecule has 0 amide bonds. The fourth-order valence-electron chi connectivity index (χ4n) is 4.08. The first-order chi connectivity index (χ1) is 10.1. The van der Waals surface area contributed by atoms with Crippen LogP contribution in [0.5, 0.6) is 0 Å². The summed E-state index contributed by atoms with van der Waals surface area (Å²) >= 11 is 3.61. The Bertz CT molecular complexity index is 482. The quantitative estimate of drug-likeness (QED) is 0.844. The summed E-state index contributed by atoms with van der Waals surface area (Å²) < 4.78 is 1.18. The molecule has 0 aromatic heterocycles. The molecule has 116 valence electrons. The largest absolute Gasteiger partial charge is 0.308 e. The van der Waals surface area contributed by atoms with Crippen molar-refractivity contribution in [2.75, 3.05) is 13.1 Å². The van der Waals surface area contributed by atoms with Crippen molar-refractivity contribution in [3.63, 3.8) is 0 Å². The van der Waals surface area contributed by atoms with Gasteiger partial charge in [0.05, 0.1) is 0 Å². The molecule has 2 nitrogen and oxygen atoms in total. The van der Waals surface area contributed by atoms with Crippen molar-refractivity contribution >= 4 is 15.9 Å². The zero-order valence-corrected chi connectivity index (χ0v) is 14.8. The van der Waals surface area contributed by atoms with Crippen LogP contribution in [0.15, 0.2) is 28.7 Å².